The third-order valence-electron chi connectivity index (χ3n) is 13.5. The molecule has 8 N–H and O–H groups in total. The number of hydrogen-bond donors (Lipinski definition) is 8. The van der Waals surface area contributed by atoms with Crippen LogP contribution in [-0.2, 0) is 79.1 Å². The molecule has 1 aromatic heterocycles. The highest BCUT2D eigenvalue weighted by molar-refractivity contribution is 7.99. The van der Waals surface area contributed by atoms with E-state index >= 15 is 4.79 Å². The molecule has 23 heteroatoms. The topological polar surface area (TPSA) is 299 Å². The van der Waals surface area contributed by atoms with Gasteiger partial charge in [-0.15, -0.1) is 0 Å². The van der Waals surface area contributed by atoms with Crippen molar-refractivity contribution < 1.29 is 61.4 Å². The number of aryl methyl sites for hydroxylation is 1. The number of aliphatic carboxylic acids is 1. The monoisotopic (exact) mass is 1160 g/mol. The third-order valence-corrected chi connectivity index (χ3v) is 16.1. The van der Waals surface area contributed by atoms with E-state index in [0.717, 1.165) is 17.3 Å². The Morgan fingerprint density at radius 3 is 1.90 bits per heavy atom. The largest absolute Gasteiger partial charge is 0.480 e. The lowest BCUT2D eigenvalue weighted by atomic mass is 10.0. The summed E-state index contributed by atoms with van der Waals surface area (Å²) in [6.07, 6.45) is -0.327. The molecule has 6 aromatic rings. The third kappa shape index (κ3) is 17.8. The van der Waals surface area contributed by atoms with Gasteiger partial charge < -0.3 is 46.5 Å². The van der Waals surface area contributed by atoms with Crippen LogP contribution in [-0.4, -0.2) is 127 Å². The lowest BCUT2D eigenvalue weighted by Crippen LogP contribution is -2.61. The van der Waals surface area contributed by atoms with Crippen LogP contribution in [0.4, 0.5) is 4.79 Å². The van der Waals surface area contributed by atoms with Crippen LogP contribution < -0.4 is 36.6 Å². The number of ether oxygens (including phenoxy) is 2. The molecule has 21 nitrogen and oxygen atoms in total. The number of para-hydroxylation sites is 1. The maximum atomic E-state index is 15.1. The van der Waals surface area contributed by atoms with E-state index in [2.05, 4.69) is 36.6 Å². The standard InChI is InChI=1S/C59H66N8O13S2/c1-38-25-27-44(28-26-38)82(77,78)60-29-15-14-23-46-53(69)66-52(39(2)79-33-41-18-8-4-9-19-41)57(73)64-50(58(74)75)36-81-35-49(65-59(76)80-34-42-20-10-5-11-21-42)56(72)62-47(30-40-16-6-3-7-17-40)54(70)63-48(55(71)61-46)31-43-32-67(37-68)51-24-13-12-22-45(43)51/h3-13,16-22,24-28,32,37,39,46-50,52,60H,14-15,23,29-31,33-36H2,1-2H3,(H,61,71)(H,62,72)(H,63,70)(H,64,73)(H,65,76)(H,66,69)(H,74,75)/t39-,46+,47+,48-,49+,50+,52+/m1/s1. The Bertz CT molecular complexity index is 3280. The number of fused-ring (bicyclic) bond motifs is 1. The zero-order chi connectivity index (χ0) is 58.6. The predicted octanol–water partition coefficient (Wildman–Crippen LogP) is 4.08. The Morgan fingerprint density at radius 2 is 1.26 bits per heavy atom. The molecule has 2 heterocycles. The zero-order valence-electron chi connectivity index (χ0n) is 45.2. The molecule has 6 amide bonds. The first kappa shape index (κ1) is 61.2. The van der Waals surface area contributed by atoms with Gasteiger partial charge in [-0.2, -0.15) is 11.8 Å². The molecule has 1 saturated heterocycles. The minimum absolute atomic E-state index is 0.0318. The van der Waals surface area contributed by atoms with Gasteiger partial charge in [0.2, 0.25) is 46.0 Å². The number of sulfonamides is 1. The summed E-state index contributed by atoms with van der Waals surface area (Å²) in [5.41, 5.74) is 3.75. The second-order valence-corrected chi connectivity index (χ2v) is 22.5. The summed E-state index contributed by atoms with van der Waals surface area (Å²) >= 11 is 0.881. The van der Waals surface area contributed by atoms with E-state index in [0.29, 0.717) is 39.6 Å². The molecule has 1 aliphatic rings. The lowest BCUT2D eigenvalue weighted by Gasteiger charge is -2.29. The number of carboxylic acids is 1. The summed E-state index contributed by atoms with van der Waals surface area (Å²) in [6, 6.07) is 30.3. The van der Waals surface area contributed by atoms with Gasteiger partial charge in [-0.1, -0.05) is 127 Å². The maximum Gasteiger partial charge on any atom is 0.408 e. The molecule has 7 rings (SSSR count). The minimum Gasteiger partial charge on any atom is -0.480 e. The van der Waals surface area contributed by atoms with Crippen LogP contribution in [0.5, 0.6) is 0 Å². The molecular weight excluding hydrogens is 1090 g/mol. The Morgan fingerprint density at radius 1 is 0.683 bits per heavy atom. The van der Waals surface area contributed by atoms with E-state index in [9.17, 15) is 47.1 Å². The lowest BCUT2D eigenvalue weighted by molar-refractivity contribution is -0.143. The van der Waals surface area contributed by atoms with Gasteiger partial charge in [-0.05, 0) is 73.6 Å². The fourth-order valence-electron chi connectivity index (χ4n) is 8.96. The number of carbonyl (C=O) groups is 8. The fraction of sp³-hybridized carbons (Fsp3) is 0.322. The van der Waals surface area contributed by atoms with Crippen molar-refractivity contribution in [2.75, 3.05) is 18.1 Å². The van der Waals surface area contributed by atoms with Crippen molar-refractivity contribution in [1.29, 1.82) is 0 Å². The Balaban J connectivity index is 1.25. The molecule has 0 radical (unpaired) electrons. The van der Waals surface area contributed by atoms with Gasteiger partial charge in [0.1, 0.15) is 42.9 Å². The molecule has 432 valence electrons. The molecular formula is C59H66N8O13S2. The number of amides is 6. The fourth-order valence-corrected chi connectivity index (χ4v) is 11.1. The van der Waals surface area contributed by atoms with Crippen molar-refractivity contribution in [3.8, 4) is 0 Å². The average Bonchev–Trinajstić information content (AvgIpc) is 4.11. The van der Waals surface area contributed by atoms with Crippen molar-refractivity contribution in [2.24, 2.45) is 0 Å². The van der Waals surface area contributed by atoms with Crippen LogP contribution in [0.3, 0.4) is 0 Å². The molecule has 0 saturated carbocycles. The van der Waals surface area contributed by atoms with Crippen molar-refractivity contribution in [1.82, 2.24) is 41.2 Å². The summed E-state index contributed by atoms with van der Waals surface area (Å²) in [6.45, 7) is 3.05. The molecule has 0 aliphatic carbocycles. The predicted molar refractivity (Wildman–Crippen MR) is 307 cm³/mol. The van der Waals surface area contributed by atoms with Crippen molar-refractivity contribution >= 4 is 80.7 Å². The van der Waals surface area contributed by atoms with E-state index in [4.69, 9.17) is 9.47 Å². The highest BCUT2D eigenvalue weighted by Crippen LogP contribution is 2.23. The molecule has 5 aromatic carbocycles. The first-order chi connectivity index (χ1) is 39.5. The summed E-state index contributed by atoms with van der Waals surface area (Å²) in [4.78, 5) is 113. The van der Waals surface area contributed by atoms with E-state index in [-0.39, 0.29) is 68.3 Å². The van der Waals surface area contributed by atoms with Gasteiger partial charge in [0.25, 0.3) is 0 Å². The van der Waals surface area contributed by atoms with Gasteiger partial charge in [-0.3, -0.25) is 33.3 Å². The van der Waals surface area contributed by atoms with Crippen LogP contribution in [0.1, 0.15) is 54.0 Å². The number of rotatable bonds is 20. The molecule has 0 spiro atoms. The second-order valence-electron chi connectivity index (χ2n) is 19.7. The van der Waals surface area contributed by atoms with Gasteiger partial charge in [0.15, 0.2) is 0 Å². The number of carboxylic acid groups (broad SMARTS) is 1. The number of nitrogens with zero attached hydrogens (tertiary/aromatic N) is 1. The maximum absolute atomic E-state index is 15.1. The van der Waals surface area contributed by atoms with E-state index < -0.39 is 94.0 Å². The van der Waals surface area contributed by atoms with Gasteiger partial charge in [-0.25, -0.2) is 22.7 Å². The Labute approximate surface area is 479 Å². The van der Waals surface area contributed by atoms with Crippen LogP contribution in [0.15, 0.2) is 151 Å². The van der Waals surface area contributed by atoms with Crippen LogP contribution in [0.2, 0.25) is 0 Å². The highest BCUT2D eigenvalue weighted by atomic mass is 32.2. The highest BCUT2D eigenvalue weighted by Gasteiger charge is 2.37. The molecule has 7 atom stereocenters. The van der Waals surface area contributed by atoms with Crippen molar-refractivity contribution in [3.05, 3.63) is 174 Å². The number of thioether (sulfide) groups is 1. The number of nitrogens with one attached hydrogen (secondary N) is 7. The smallest absolute Gasteiger partial charge is 0.408 e. The second kappa shape index (κ2) is 29.9. The van der Waals surface area contributed by atoms with E-state index in [1.165, 1.54) is 29.8 Å². The number of carbonyl (C=O) groups excluding carboxylic acids is 7. The summed E-state index contributed by atoms with van der Waals surface area (Å²) in [7, 11) is -3.93. The molecule has 0 unspecified atom stereocenters. The SMILES string of the molecule is Cc1ccc(S(=O)(=O)NCCCC[C@@H]2NC(=O)[C@@H](Cc3cn(C=O)c4ccccc34)NC(=O)[C@H](Cc3ccccc3)NC(=O)[C@@H](NC(=O)OCc3ccccc3)CSC[C@@H](C(=O)O)NC(=O)[C@H]([C@@H](C)OCc3ccccc3)NC2=O)cc1. The number of unbranched alkanes of at least 4 members (excludes halogenated alkanes) is 1. The molecule has 0 bridgehead atoms. The Kier molecular flexibility index (Phi) is 22.3. The van der Waals surface area contributed by atoms with Crippen LogP contribution in [0, 0.1) is 6.92 Å². The van der Waals surface area contributed by atoms with Crippen LogP contribution in [0.25, 0.3) is 10.9 Å². The van der Waals surface area contributed by atoms with Crippen LogP contribution >= 0.6 is 11.8 Å². The van der Waals surface area contributed by atoms with Crippen molar-refractivity contribution in [3.63, 3.8) is 0 Å². The van der Waals surface area contributed by atoms with Gasteiger partial charge in [0.05, 0.1) is 23.1 Å². The minimum atomic E-state index is -3.93. The average molecular weight is 1160 g/mol. The summed E-state index contributed by atoms with van der Waals surface area (Å²) in [5.74, 6) is -6.69. The van der Waals surface area contributed by atoms with Gasteiger partial charge in [0, 0.05) is 42.5 Å². The first-order valence-electron chi connectivity index (χ1n) is 26.6. The number of aromatic nitrogens is 1. The number of benzene rings is 5. The van der Waals surface area contributed by atoms with E-state index in [1.54, 1.807) is 127 Å². The quantitative estimate of drug-likeness (QED) is 0.0395. The summed E-state index contributed by atoms with van der Waals surface area (Å²) in [5, 5.41) is 27.1. The van der Waals surface area contributed by atoms with Gasteiger partial charge >= 0.3 is 12.1 Å². The molecule has 1 aliphatic heterocycles. The zero-order valence-corrected chi connectivity index (χ0v) is 46.8. The normalized spacial score (nSPS) is 20.0. The number of alkyl carbamates (subject to hydrolysis) is 1. The Hall–Kier alpha value is -8.38. The number of hydrogen-bond acceptors (Lipinski definition) is 13. The first-order valence-corrected chi connectivity index (χ1v) is 29.2. The van der Waals surface area contributed by atoms with E-state index in [1.807, 2.05) is 6.92 Å². The molecule has 1 fully saturated rings. The summed E-state index contributed by atoms with van der Waals surface area (Å²) < 4.78 is 41.8. The molecule has 82 heavy (non-hydrogen) atoms. The van der Waals surface area contributed by atoms with Crippen molar-refractivity contribution in [2.45, 2.75) is 106 Å².